The summed E-state index contributed by atoms with van der Waals surface area (Å²) in [5.74, 6) is 1.37. The summed E-state index contributed by atoms with van der Waals surface area (Å²) in [7, 11) is 1.62. The number of pyridine rings is 1. The van der Waals surface area contributed by atoms with Crippen LogP contribution in [0.5, 0.6) is 5.75 Å². The zero-order valence-corrected chi connectivity index (χ0v) is 20.9. The number of nitrogens with zero attached hydrogens (tertiary/aromatic N) is 6. The lowest BCUT2D eigenvalue weighted by Crippen LogP contribution is -2.49. The zero-order chi connectivity index (χ0) is 25.2. The number of anilines is 1. The van der Waals surface area contributed by atoms with Crippen molar-refractivity contribution in [1.82, 2.24) is 30.1 Å². The molecule has 10 nitrogen and oxygen atoms in total. The van der Waals surface area contributed by atoms with Gasteiger partial charge in [0.15, 0.2) is 5.82 Å². The molecule has 2 aliphatic heterocycles. The van der Waals surface area contributed by atoms with Crippen molar-refractivity contribution in [2.45, 2.75) is 31.5 Å². The molecule has 0 amide bonds. The van der Waals surface area contributed by atoms with Gasteiger partial charge < -0.3 is 19.4 Å². The monoisotopic (exact) mass is 501 g/mol. The molecule has 10 heteroatoms. The molecule has 2 aromatic carbocycles. The molecular weight excluding hydrogens is 470 g/mol. The lowest BCUT2D eigenvalue weighted by molar-refractivity contribution is 0.0906. The van der Waals surface area contributed by atoms with E-state index in [1.165, 1.54) is 5.69 Å². The molecule has 1 N–H and O–H groups in total. The number of methoxy groups -OCH3 is 1. The third kappa shape index (κ3) is 4.82. The van der Waals surface area contributed by atoms with E-state index in [0.29, 0.717) is 23.7 Å². The quantitative estimate of drug-likeness (QED) is 0.413. The Morgan fingerprint density at radius 2 is 1.95 bits per heavy atom. The van der Waals surface area contributed by atoms with E-state index in [9.17, 15) is 4.79 Å². The second-order valence-electron chi connectivity index (χ2n) is 9.62. The Morgan fingerprint density at radius 1 is 1.11 bits per heavy atom. The highest BCUT2D eigenvalue weighted by atomic mass is 16.5. The Bertz CT molecular complexity index is 1410. The summed E-state index contributed by atoms with van der Waals surface area (Å²) in [6.07, 6.45) is 2.11. The van der Waals surface area contributed by atoms with Gasteiger partial charge in [0, 0.05) is 50.1 Å². The predicted molar refractivity (Wildman–Crippen MR) is 140 cm³/mol. The van der Waals surface area contributed by atoms with Crippen molar-refractivity contribution in [2.24, 2.45) is 0 Å². The predicted octanol–water partition coefficient (Wildman–Crippen LogP) is 2.61. The molecule has 4 aromatic rings. The van der Waals surface area contributed by atoms with Gasteiger partial charge in [0.2, 0.25) is 0 Å². The fourth-order valence-corrected chi connectivity index (χ4v) is 5.42. The number of benzene rings is 2. The number of para-hydroxylation sites is 1. The Hall–Kier alpha value is -3.76. The number of aromatic nitrogens is 5. The lowest BCUT2D eigenvalue weighted by Gasteiger charge is -2.39. The van der Waals surface area contributed by atoms with Gasteiger partial charge in [-0.3, -0.25) is 9.69 Å². The van der Waals surface area contributed by atoms with Crippen LogP contribution in [0.2, 0.25) is 0 Å². The summed E-state index contributed by atoms with van der Waals surface area (Å²) < 4.78 is 13.0. The molecule has 0 saturated carbocycles. The number of nitrogens with one attached hydrogen (secondary N) is 1. The largest absolute Gasteiger partial charge is 0.497 e. The second-order valence-corrected chi connectivity index (χ2v) is 9.62. The Kier molecular flexibility index (Phi) is 6.58. The molecule has 2 atom stereocenters. The number of hydrogen-bond donors (Lipinski definition) is 1. The average Bonchev–Trinajstić information content (AvgIpc) is 3.63. The van der Waals surface area contributed by atoms with Gasteiger partial charge in [-0.25, -0.2) is 4.68 Å². The van der Waals surface area contributed by atoms with Gasteiger partial charge in [0.05, 0.1) is 25.3 Å². The van der Waals surface area contributed by atoms with Crippen LogP contribution in [0, 0.1) is 0 Å². The minimum Gasteiger partial charge on any atom is -0.497 e. The molecule has 0 aliphatic carbocycles. The van der Waals surface area contributed by atoms with Crippen molar-refractivity contribution in [3.63, 3.8) is 0 Å². The van der Waals surface area contributed by atoms with Crippen molar-refractivity contribution in [3.8, 4) is 5.75 Å². The fourth-order valence-electron chi connectivity index (χ4n) is 5.42. The van der Waals surface area contributed by atoms with Gasteiger partial charge in [-0.05, 0) is 59.0 Å². The summed E-state index contributed by atoms with van der Waals surface area (Å²) in [6.45, 7) is 4.57. The molecule has 6 rings (SSSR count). The highest BCUT2D eigenvalue weighted by Gasteiger charge is 2.33. The van der Waals surface area contributed by atoms with E-state index >= 15 is 0 Å². The fraction of sp³-hybridized carbons (Fsp3) is 0.407. The van der Waals surface area contributed by atoms with E-state index in [1.807, 2.05) is 35.0 Å². The zero-order valence-electron chi connectivity index (χ0n) is 20.9. The minimum atomic E-state index is -0.385. The molecule has 2 aromatic heterocycles. The summed E-state index contributed by atoms with van der Waals surface area (Å²) in [5, 5.41) is 13.7. The molecule has 2 fully saturated rings. The molecule has 0 bridgehead atoms. The van der Waals surface area contributed by atoms with Crippen LogP contribution < -0.4 is 15.2 Å². The smallest absolute Gasteiger partial charge is 0.253 e. The normalized spacial score (nSPS) is 19.4. The molecule has 0 radical (unpaired) electrons. The molecule has 2 saturated heterocycles. The molecule has 37 heavy (non-hydrogen) atoms. The van der Waals surface area contributed by atoms with Gasteiger partial charge in [-0.15, -0.1) is 5.10 Å². The van der Waals surface area contributed by atoms with Crippen LogP contribution in [0.25, 0.3) is 10.9 Å². The highest BCUT2D eigenvalue weighted by molar-refractivity contribution is 5.80. The number of fused-ring (bicyclic) bond motifs is 1. The van der Waals surface area contributed by atoms with Crippen molar-refractivity contribution in [3.05, 3.63) is 76.3 Å². The summed E-state index contributed by atoms with van der Waals surface area (Å²) >= 11 is 0. The molecule has 0 spiro atoms. The van der Waals surface area contributed by atoms with Crippen molar-refractivity contribution < 1.29 is 9.47 Å². The standard InChI is InChI=1S/C27H31N7O3/c1-36-21-10-9-19-16-23(27(35)28-24(19)17-21)25(26-29-30-31-34(26)18-22-8-5-15-37-22)33-13-11-32(12-14-33)20-6-3-2-4-7-20/h2-4,6-7,9-10,16-17,22,25H,5,8,11-15,18H2,1H3,(H,28,35)/t22-,25+/m1/s1. The van der Waals surface area contributed by atoms with Gasteiger partial charge in [-0.1, -0.05) is 18.2 Å². The van der Waals surface area contributed by atoms with Crippen LogP contribution >= 0.6 is 0 Å². The highest BCUT2D eigenvalue weighted by Crippen LogP contribution is 2.30. The van der Waals surface area contributed by atoms with Crippen molar-refractivity contribution in [2.75, 3.05) is 44.8 Å². The van der Waals surface area contributed by atoms with E-state index in [1.54, 1.807) is 7.11 Å². The first-order valence-electron chi connectivity index (χ1n) is 12.8. The lowest BCUT2D eigenvalue weighted by atomic mass is 10.0. The molecule has 192 valence electrons. The van der Waals surface area contributed by atoms with Gasteiger partial charge in [0.1, 0.15) is 11.8 Å². The Balaban J connectivity index is 1.37. The molecular formula is C27H31N7O3. The number of H-pyrrole nitrogens is 1. The van der Waals surface area contributed by atoms with Crippen molar-refractivity contribution in [1.29, 1.82) is 0 Å². The number of aromatic amines is 1. The second kappa shape index (κ2) is 10.3. The molecule has 4 heterocycles. The van der Waals surface area contributed by atoms with Crippen LogP contribution in [0.4, 0.5) is 5.69 Å². The number of ether oxygens (including phenoxy) is 2. The Morgan fingerprint density at radius 3 is 2.70 bits per heavy atom. The number of piperazine rings is 1. The summed E-state index contributed by atoms with van der Waals surface area (Å²) in [6, 6.07) is 17.7. The van der Waals surface area contributed by atoms with Crippen molar-refractivity contribution >= 4 is 16.6 Å². The third-order valence-corrected chi connectivity index (χ3v) is 7.38. The number of rotatable bonds is 7. The van der Waals surface area contributed by atoms with Crippen LogP contribution in [0.1, 0.15) is 30.3 Å². The first-order valence-corrected chi connectivity index (χ1v) is 12.8. The van der Waals surface area contributed by atoms with Crippen LogP contribution in [-0.2, 0) is 11.3 Å². The van der Waals surface area contributed by atoms with Crippen LogP contribution in [-0.4, -0.2) is 76.1 Å². The van der Waals surface area contributed by atoms with E-state index in [2.05, 4.69) is 54.6 Å². The average molecular weight is 502 g/mol. The number of hydrogen-bond acceptors (Lipinski definition) is 8. The van der Waals surface area contributed by atoms with E-state index < -0.39 is 0 Å². The maximum absolute atomic E-state index is 13.5. The third-order valence-electron chi connectivity index (χ3n) is 7.38. The van der Waals surface area contributed by atoms with Crippen LogP contribution in [0.3, 0.4) is 0 Å². The Labute approximate surface area is 214 Å². The minimum absolute atomic E-state index is 0.0835. The van der Waals surface area contributed by atoms with Crippen LogP contribution in [0.15, 0.2) is 59.4 Å². The SMILES string of the molecule is COc1ccc2cc([C@@H](c3nnnn3C[C@H]3CCCO3)N3CCN(c4ccccc4)CC3)c(=O)[nH]c2c1. The first-order chi connectivity index (χ1) is 18.2. The topological polar surface area (TPSA) is 101 Å². The van der Waals surface area contributed by atoms with Gasteiger partial charge >= 0.3 is 0 Å². The maximum Gasteiger partial charge on any atom is 0.253 e. The van der Waals surface area contributed by atoms with E-state index in [0.717, 1.165) is 56.5 Å². The summed E-state index contributed by atoms with van der Waals surface area (Å²) in [4.78, 5) is 21.3. The number of tetrazole rings is 1. The first kappa shape index (κ1) is 23.6. The van der Waals surface area contributed by atoms with E-state index in [4.69, 9.17) is 9.47 Å². The maximum atomic E-state index is 13.5. The molecule has 2 aliphatic rings. The van der Waals surface area contributed by atoms with Gasteiger partial charge in [-0.2, -0.15) is 0 Å². The molecule has 0 unspecified atom stereocenters. The van der Waals surface area contributed by atoms with Gasteiger partial charge in [0.25, 0.3) is 5.56 Å². The van der Waals surface area contributed by atoms with E-state index in [-0.39, 0.29) is 17.7 Å². The summed E-state index contributed by atoms with van der Waals surface area (Å²) in [5.41, 5.74) is 2.43.